The number of rotatable bonds is 3. The van der Waals surface area contributed by atoms with Crippen molar-refractivity contribution in [1.29, 1.82) is 0 Å². The minimum absolute atomic E-state index is 0.0536. The first-order chi connectivity index (χ1) is 10.1. The monoisotopic (exact) mass is 289 g/mol. The molecule has 1 saturated heterocycles. The van der Waals surface area contributed by atoms with E-state index in [0.29, 0.717) is 6.61 Å². The number of aliphatic imine (C=N–C) groups is 1. The van der Waals surface area contributed by atoms with Crippen LogP contribution in [0.2, 0.25) is 0 Å². The smallest absolute Gasteiger partial charge is 0.253 e. The molecule has 114 valence electrons. The van der Waals surface area contributed by atoms with Crippen molar-refractivity contribution in [1.82, 2.24) is 0 Å². The SMILES string of the molecule is CN=C(C)N(C)c1ccc(NC(=O)C2CCCCO2)cc1. The largest absolute Gasteiger partial charge is 0.368 e. The van der Waals surface area contributed by atoms with Gasteiger partial charge in [-0.25, -0.2) is 0 Å². The van der Waals surface area contributed by atoms with Gasteiger partial charge in [0.25, 0.3) is 5.91 Å². The lowest BCUT2D eigenvalue weighted by molar-refractivity contribution is -0.129. The van der Waals surface area contributed by atoms with Gasteiger partial charge in [0, 0.05) is 32.1 Å². The first-order valence-electron chi connectivity index (χ1n) is 7.31. The van der Waals surface area contributed by atoms with Gasteiger partial charge in [-0.2, -0.15) is 0 Å². The number of nitrogens with zero attached hydrogens (tertiary/aromatic N) is 2. The van der Waals surface area contributed by atoms with E-state index in [9.17, 15) is 4.79 Å². The molecule has 1 unspecified atom stereocenters. The number of anilines is 2. The molecule has 0 aromatic heterocycles. The molecule has 1 amide bonds. The van der Waals surface area contributed by atoms with Crippen LogP contribution in [0.15, 0.2) is 29.3 Å². The number of hydrogen-bond acceptors (Lipinski definition) is 3. The van der Waals surface area contributed by atoms with Crippen molar-refractivity contribution >= 4 is 23.1 Å². The lowest BCUT2D eigenvalue weighted by atomic mass is 10.1. The van der Waals surface area contributed by atoms with Crippen LogP contribution in [-0.2, 0) is 9.53 Å². The summed E-state index contributed by atoms with van der Waals surface area (Å²) >= 11 is 0. The Morgan fingerprint density at radius 3 is 2.62 bits per heavy atom. The molecule has 1 aromatic carbocycles. The van der Waals surface area contributed by atoms with Crippen molar-refractivity contribution in [3.63, 3.8) is 0 Å². The van der Waals surface area contributed by atoms with E-state index in [1.54, 1.807) is 7.05 Å². The van der Waals surface area contributed by atoms with Crippen molar-refractivity contribution in [3.05, 3.63) is 24.3 Å². The fraction of sp³-hybridized carbons (Fsp3) is 0.500. The molecule has 1 aromatic rings. The molecule has 5 heteroatoms. The zero-order valence-electron chi connectivity index (χ0n) is 12.9. The fourth-order valence-corrected chi connectivity index (χ4v) is 2.28. The molecular weight excluding hydrogens is 266 g/mol. The molecule has 1 fully saturated rings. The van der Waals surface area contributed by atoms with Crippen molar-refractivity contribution in [2.75, 3.05) is 30.9 Å². The molecule has 1 heterocycles. The standard InChI is InChI=1S/C16H23N3O2/c1-12(17-2)19(3)14-9-7-13(8-10-14)18-16(20)15-6-4-5-11-21-15/h7-10,15H,4-6,11H2,1-3H3,(H,18,20). The summed E-state index contributed by atoms with van der Waals surface area (Å²) in [4.78, 5) is 18.2. The maximum atomic E-state index is 12.1. The molecule has 0 spiro atoms. The normalized spacial score (nSPS) is 19.2. The summed E-state index contributed by atoms with van der Waals surface area (Å²) in [5, 5.41) is 2.91. The molecular formula is C16H23N3O2. The van der Waals surface area contributed by atoms with E-state index >= 15 is 0 Å². The summed E-state index contributed by atoms with van der Waals surface area (Å²) < 4.78 is 5.48. The molecule has 1 aliphatic heterocycles. The Labute approximate surface area is 126 Å². The zero-order chi connectivity index (χ0) is 15.2. The Bertz CT molecular complexity index is 505. The van der Waals surface area contributed by atoms with E-state index < -0.39 is 0 Å². The van der Waals surface area contributed by atoms with Crippen LogP contribution < -0.4 is 10.2 Å². The quantitative estimate of drug-likeness (QED) is 0.687. The van der Waals surface area contributed by atoms with Crippen LogP contribution in [0, 0.1) is 0 Å². The minimum atomic E-state index is -0.310. The van der Waals surface area contributed by atoms with Crippen molar-refractivity contribution < 1.29 is 9.53 Å². The van der Waals surface area contributed by atoms with Gasteiger partial charge in [0.15, 0.2) is 0 Å². The Kier molecular flexibility index (Phi) is 5.33. The van der Waals surface area contributed by atoms with E-state index in [4.69, 9.17) is 4.74 Å². The van der Waals surface area contributed by atoms with Gasteiger partial charge in [0.05, 0.1) is 5.84 Å². The molecule has 1 aliphatic rings. The van der Waals surface area contributed by atoms with Gasteiger partial charge in [-0.3, -0.25) is 9.79 Å². The van der Waals surface area contributed by atoms with Crippen LogP contribution in [0.1, 0.15) is 26.2 Å². The third kappa shape index (κ3) is 4.04. The number of amidine groups is 1. The van der Waals surface area contributed by atoms with Gasteiger partial charge in [-0.05, 0) is 50.5 Å². The summed E-state index contributed by atoms with van der Waals surface area (Å²) in [7, 11) is 3.73. The zero-order valence-corrected chi connectivity index (χ0v) is 12.9. The predicted octanol–water partition coefficient (Wildman–Crippen LogP) is 2.68. The van der Waals surface area contributed by atoms with E-state index in [2.05, 4.69) is 10.3 Å². The van der Waals surface area contributed by atoms with Gasteiger partial charge >= 0.3 is 0 Å². The molecule has 0 aliphatic carbocycles. The van der Waals surface area contributed by atoms with Crippen molar-refractivity contribution in [3.8, 4) is 0 Å². The van der Waals surface area contributed by atoms with Crippen LogP contribution in [-0.4, -0.2) is 38.5 Å². The summed E-state index contributed by atoms with van der Waals surface area (Å²) in [5.41, 5.74) is 1.82. The number of carbonyl (C=O) groups excluding carboxylic acids is 1. The van der Waals surface area contributed by atoms with Crippen LogP contribution in [0.3, 0.4) is 0 Å². The molecule has 5 nitrogen and oxygen atoms in total. The summed E-state index contributed by atoms with van der Waals surface area (Å²) in [5.74, 6) is 0.879. The summed E-state index contributed by atoms with van der Waals surface area (Å²) in [6.07, 6.45) is 2.59. The molecule has 2 rings (SSSR count). The molecule has 0 saturated carbocycles. The highest BCUT2D eigenvalue weighted by Crippen LogP contribution is 2.19. The maximum Gasteiger partial charge on any atom is 0.253 e. The number of nitrogens with one attached hydrogen (secondary N) is 1. The first-order valence-corrected chi connectivity index (χ1v) is 7.31. The number of hydrogen-bond donors (Lipinski definition) is 1. The van der Waals surface area contributed by atoms with E-state index in [1.165, 1.54) is 0 Å². The Balaban J connectivity index is 1.97. The predicted molar refractivity (Wildman–Crippen MR) is 86.1 cm³/mol. The second-order valence-electron chi connectivity index (χ2n) is 5.22. The molecule has 21 heavy (non-hydrogen) atoms. The van der Waals surface area contributed by atoms with Crippen LogP contribution in [0.4, 0.5) is 11.4 Å². The Morgan fingerprint density at radius 1 is 1.33 bits per heavy atom. The van der Waals surface area contributed by atoms with Gasteiger partial charge in [-0.1, -0.05) is 0 Å². The van der Waals surface area contributed by atoms with Gasteiger partial charge in [0.2, 0.25) is 0 Å². The molecule has 1 atom stereocenters. The van der Waals surface area contributed by atoms with Gasteiger partial charge in [-0.15, -0.1) is 0 Å². The van der Waals surface area contributed by atoms with Crippen LogP contribution >= 0.6 is 0 Å². The highest BCUT2D eigenvalue weighted by atomic mass is 16.5. The number of carbonyl (C=O) groups is 1. The highest BCUT2D eigenvalue weighted by Gasteiger charge is 2.21. The molecule has 1 N–H and O–H groups in total. The van der Waals surface area contributed by atoms with Crippen LogP contribution in [0.25, 0.3) is 0 Å². The average Bonchev–Trinajstić information content (AvgIpc) is 2.55. The fourth-order valence-electron chi connectivity index (χ4n) is 2.28. The Hall–Kier alpha value is -1.88. The average molecular weight is 289 g/mol. The number of amides is 1. The third-order valence-electron chi connectivity index (χ3n) is 3.80. The lowest BCUT2D eigenvalue weighted by Gasteiger charge is -2.22. The third-order valence-corrected chi connectivity index (χ3v) is 3.80. The number of benzene rings is 1. The minimum Gasteiger partial charge on any atom is -0.368 e. The Morgan fingerprint density at radius 2 is 2.05 bits per heavy atom. The van der Waals surface area contributed by atoms with Gasteiger partial charge < -0.3 is 15.0 Å². The molecule has 0 bridgehead atoms. The summed E-state index contributed by atoms with van der Waals surface area (Å²) in [6, 6.07) is 7.73. The van der Waals surface area contributed by atoms with Gasteiger partial charge in [0.1, 0.15) is 6.10 Å². The van der Waals surface area contributed by atoms with Crippen molar-refractivity contribution in [2.45, 2.75) is 32.3 Å². The van der Waals surface area contributed by atoms with Crippen molar-refractivity contribution in [2.24, 2.45) is 4.99 Å². The summed E-state index contributed by atoms with van der Waals surface area (Å²) in [6.45, 7) is 2.63. The molecule has 0 radical (unpaired) electrons. The second-order valence-corrected chi connectivity index (χ2v) is 5.22. The first kappa shape index (κ1) is 15.5. The number of ether oxygens (including phenoxy) is 1. The van der Waals surface area contributed by atoms with E-state index in [1.807, 2.05) is 43.1 Å². The topological polar surface area (TPSA) is 53.9 Å². The maximum absolute atomic E-state index is 12.1. The highest BCUT2D eigenvalue weighted by molar-refractivity contribution is 5.96. The lowest BCUT2D eigenvalue weighted by Crippen LogP contribution is -2.33. The second kappa shape index (κ2) is 7.22. The van der Waals surface area contributed by atoms with Crippen LogP contribution in [0.5, 0.6) is 0 Å². The van der Waals surface area contributed by atoms with E-state index in [-0.39, 0.29) is 12.0 Å². The van der Waals surface area contributed by atoms with E-state index in [0.717, 1.165) is 36.5 Å².